The van der Waals surface area contributed by atoms with Gasteiger partial charge in [0.05, 0.1) is 5.60 Å². The first-order chi connectivity index (χ1) is 7.48. The van der Waals surface area contributed by atoms with Crippen LogP contribution in [-0.4, -0.2) is 24.8 Å². The van der Waals surface area contributed by atoms with Crippen molar-refractivity contribution in [3.8, 4) is 0 Å². The lowest BCUT2D eigenvalue weighted by atomic mass is 9.69. The summed E-state index contributed by atoms with van der Waals surface area (Å²) in [6.07, 6.45) is 4.89. The molecule has 0 N–H and O–H groups in total. The molecule has 2 fully saturated rings. The van der Waals surface area contributed by atoms with Crippen LogP contribution in [0.2, 0.25) is 0 Å². The second kappa shape index (κ2) is 4.02. The van der Waals surface area contributed by atoms with Crippen LogP contribution in [-0.2, 0) is 14.3 Å². The second-order valence-corrected chi connectivity index (χ2v) is 6.24. The van der Waals surface area contributed by atoms with Crippen LogP contribution in [0.3, 0.4) is 0 Å². The molecule has 3 heteroatoms. The molecule has 0 aromatic rings. The molecule has 1 saturated carbocycles. The van der Waals surface area contributed by atoms with Crippen molar-refractivity contribution in [3.63, 3.8) is 0 Å². The molecule has 0 unspecified atom stereocenters. The minimum Gasteiger partial charge on any atom is -0.465 e. The van der Waals surface area contributed by atoms with Gasteiger partial charge in [-0.3, -0.25) is 4.79 Å². The molecule has 92 valence electrons. The molecule has 2 rings (SSSR count). The SMILES string of the molecule is CC(C)(C)C1CCC2(CC1)O[C@@H]2COC=O. The highest BCUT2D eigenvalue weighted by Crippen LogP contribution is 2.52. The van der Waals surface area contributed by atoms with Crippen LogP contribution < -0.4 is 0 Å². The van der Waals surface area contributed by atoms with Gasteiger partial charge in [-0.15, -0.1) is 0 Å². The van der Waals surface area contributed by atoms with E-state index in [1.807, 2.05) is 0 Å². The Morgan fingerprint density at radius 1 is 1.38 bits per heavy atom. The lowest BCUT2D eigenvalue weighted by Gasteiger charge is -2.36. The molecule has 0 amide bonds. The van der Waals surface area contributed by atoms with Gasteiger partial charge in [0, 0.05) is 0 Å². The molecule has 1 saturated heterocycles. The topological polar surface area (TPSA) is 38.8 Å². The molecule has 0 radical (unpaired) electrons. The Morgan fingerprint density at radius 2 is 2.00 bits per heavy atom. The van der Waals surface area contributed by atoms with Gasteiger partial charge in [-0.25, -0.2) is 0 Å². The largest absolute Gasteiger partial charge is 0.465 e. The van der Waals surface area contributed by atoms with E-state index in [1.165, 1.54) is 12.8 Å². The minimum absolute atomic E-state index is 0.0603. The van der Waals surface area contributed by atoms with Crippen LogP contribution in [0.5, 0.6) is 0 Å². The highest BCUT2D eigenvalue weighted by molar-refractivity contribution is 5.37. The molecule has 0 aromatic carbocycles. The van der Waals surface area contributed by atoms with E-state index < -0.39 is 0 Å². The molecule has 1 heterocycles. The fourth-order valence-electron chi connectivity index (χ4n) is 2.97. The summed E-state index contributed by atoms with van der Waals surface area (Å²) in [5.41, 5.74) is 0.468. The minimum atomic E-state index is 0.0603. The summed E-state index contributed by atoms with van der Waals surface area (Å²) in [6, 6.07) is 0. The Labute approximate surface area is 97.5 Å². The van der Waals surface area contributed by atoms with E-state index in [4.69, 9.17) is 9.47 Å². The number of ether oxygens (including phenoxy) is 2. The Balaban J connectivity index is 1.81. The van der Waals surface area contributed by atoms with Crippen molar-refractivity contribution in [2.45, 2.75) is 58.2 Å². The van der Waals surface area contributed by atoms with E-state index in [1.54, 1.807) is 0 Å². The molecule has 2 aliphatic rings. The fraction of sp³-hybridized carbons (Fsp3) is 0.923. The maximum Gasteiger partial charge on any atom is 0.293 e. The molecule has 1 aliphatic heterocycles. The van der Waals surface area contributed by atoms with E-state index in [2.05, 4.69) is 20.8 Å². The summed E-state index contributed by atoms with van der Waals surface area (Å²) in [7, 11) is 0. The summed E-state index contributed by atoms with van der Waals surface area (Å²) in [4.78, 5) is 10.1. The van der Waals surface area contributed by atoms with Crippen LogP contribution in [0, 0.1) is 11.3 Å². The average molecular weight is 226 g/mol. The normalized spacial score (nSPS) is 38.4. The van der Waals surface area contributed by atoms with E-state index >= 15 is 0 Å². The number of carbonyl (C=O) groups excluding carboxylic acids is 1. The number of carbonyl (C=O) groups is 1. The first kappa shape index (κ1) is 11.9. The molecular weight excluding hydrogens is 204 g/mol. The van der Waals surface area contributed by atoms with Crippen LogP contribution in [0.25, 0.3) is 0 Å². The molecule has 0 bridgehead atoms. The second-order valence-electron chi connectivity index (χ2n) is 6.24. The molecular formula is C13H22O3. The monoisotopic (exact) mass is 226 g/mol. The number of epoxide rings is 1. The lowest BCUT2D eigenvalue weighted by Crippen LogP contribution is -2.31. The Morgan fingerprint density at radius 3 is 2.50 bits per heavy atom. The third-order valence-corrected chi connectivity index (χ3v) is 4.28. The van der Waals surface area contributed by atoms with Crippen LogP contribution in [0.1, 0.15) is 46.5 Å². The van der Waals surface area contributed by atoms with E-state index in [0.717, 1.165) is 18.8 Å². The lowest BCUT2D eigenvalue weighted by molar-refractivity contribution is -0.129. The van der Waals surface area contributed by atoms with Crippen molar-refractivity contribution in [2.75, 3.05) is 6.61 Å². The summed E-state index contributed by atoms with van der Waals surface area (Å²) < 4.78 is 10.5. The van der Waals surface area contributed by atoms with Crippen molar-refractivity contribution in [2.24, 2.45) is 11.3 Å². The summed E-state index contributed by atoms with van der Waals surface area (Å²) >= 11 is 0. The highest BCUT2D eigenvalue weighted by Gasteiger charge is 2.58. The standard InChI is InChI=1S/C13H22O3/c1-12(2,3)10-4-6-13(7-5-10)11(16-13)8-15-9-14/h9-11H,4-8H2,1-3H3/t10?,11-,13?/m1/s1. The zero-order chi connectivity index (χ0) is 11.8. The van der Waals surface area contributed by atoms with Gasteiger partial charge in [0.1, 0.15) is 12.7 Å². The van der Waals surface area contributed by atoms with Gasteiger partial charge in [0.2, 0.25) is 0 Å². The van der Waals surface area contributed by atoms with Crippen molar-refractivity contribution >= 4 is 6.47 Å². The Bertz CT molecular complexity index is 259. The highest BCUT2D eigenvalue weighted by atomic mass is 16.6. The van der Waals surface area contributed by atoms with Gasteiger partial charge >= 0.3 is 0 Å². The predicted molar refractivity (Wildman–Crippen MR) is 61.0 cm³/mol. The van der Waals surface area contributed by atoms with Crippen LogP contribution in [0.4, 0.5) is 0 Å². The first-order valence-corrected chi connectivity index (χ1v) is 6.21. The summed E-state index contributed by atoms with van der Waals surface area (Å²) in [6.45, 7) is 7.89. The molecule has 1 aliphatic carbocycles. The average Bonchev–Trinajstić information content (AvgIpc) is 2.87. The van der Waals surface area contributed by atoms with Gasteiger partial charge in [-0.1, -0.05) is 20.8 Å². The van der Waals surface area contributed by atoms with Crippen molar-refractivity contribution in [1.29, 1.82) is 0 Å². The summed E-state index contributed by atoms with van der Waals surface area (Å²) in [5, 5.41) is 0. The Kier molecular flexibility index (Phi) is 2.99. The predicted octanol–water partition coefficient (Wildman–Crippen LogP) is 2.53. The Hall–Kier alpha value is -0.570. The number of hydrogen-bond acceptors (Lipinski definition) is 3. The van der Waals surface area contributed by atoms with Crippen LogP contribution in [0.15, 0.2) is 0 Å². The van der Waals surface area contributed by atoms with Crippen molar-refractivity contribution in [3.05, 3.63) is 0 Å². The fourth-order valence-corrected chi connectivity index (χ4v) is 2.97. The van der Waals surface area contributed by atoms with Crippen LogP contribution >= 0.6 is 0 Å². The maximum absolute atomic E-state index is 10.1. The van der Waals surface area contributed by atoms with E-state index in [-0.39, 0.29) is 11.7 Å². The van der Waals surface area contributed by atoms with Crippen molar-refractivity contribution in [1.82, 2.24) is 0 Å². The van der Waals surface area contributed by atoms with Gasteiger partial charge in [0.25, 0.3) is 6.47 Å². The van der Waals surface area contributed by atoms with E-state index in [0.29, 0.717) is 18.5 Å². The first-order valence-electron chi connectivity index (χ1n) is 6.21. The third kappa shape index (κ3) is 2.24. The number of rotatable bonds is 3. The zero-order valence-corrected chi connectivity index (χ0v) is 10.5. The maximum atomic E-state index is 10.1. The van der Waals surface area contributed by atoms with Gasteiger partial charge < -0.3 is 9.47 Å². The van der Waals surface area contributed by atoms with E-state index in [9.17, 15) is 4.79 Å². The van der Waals surface area contributed by atoms with Crippen molar-refractivity contribution < 1.29 is 14.3 Å². The molecule has 0 aromatic heterocycles. The van der Waals surface area contributed by atoms with Gasteiger partial charge in [0.15, 0.2) is 0 Å². The van der Waals surface area contributed by atoms with Gasteiger partial charge in [-0.05, 0) is 37.0 Å². The molecule has 16 heavy (non-hydrogen) atoms. The third-order valence-electron chi connectivity index (χ3n) is 4.28. The number of hydrogen-bond donors (Lipinski definition) is 0. The summed E-state index contributed by atoms with van der Waals surface area (Å²) in [5.74, 6) is 0.801. The van der Waals surface area contributed by atoms with Gasteiger partial charge in [-0.2, -0.15) is 0 Å². The molecule has 1 spiro atoms. The quantitative estimate of drug-likeness (QED) is 0.548. The smallest absolute Gasteiger partial charge is 0.293 e. The molecule has 3 nitrogen and oxygen atoms in total. The zero-order valence-electron chi connectivity index (χ0n) is 10.5. The molecule has 1 atom stereocenters.